The summed E-state index contributed by atoms with van der Waals surface area (Å²) in [6, 6.07) is 8.43. The Morgan fingerprint density at radius 2 is 1.97 bits per heavy atom. The Balaban J connectivity index is 1.69. The van der Waals surface area contributed by atoms with Crippen LogP contribution in [-0.4, -0.2) is 50.0 Å². The van der Waals surface area contributed by atoms with Crippen molar-refractivity contribution in [3.05, 3.63) is 58.4 Å². The molecule has 0 unspecified atom stereocenters. The van der Waals surface area contributed by atoms with Crippen LogP contribution in [0.1, 0.15) is 50.1 Å². The number of aromatic nitrogens is 1. The molecule has 2 aromatic rings. The molecule has 1 atom stereocenters. The summed E-state index contributed by atoms with van der Waals surface area (Å²) in [5.74, 6) is -0.639. The Labute approximate surface area is 170 Å². The monoisotopic (exact) mass is 419 g/mol. The minimum Gasteiger partial charge on any atom is -0.454 e. The predicted molar refractivity (Wildman–Crippen MR) is 108 cm³/mol. The van der Waals surface area contributed by atoms with Crippen molar-refractivity contribution in [3.63, 3.8) is 0 Å². The van der Waals surface area contributed by atoms with Gasteiger partial charge in [-0.1, -0.05) is 12.1 Å². The second kappa shape index (κ2) is 8.51. The standard InChI is InChI=1S/C21H25NO6S/c1-14-9-19(15(2)22(14)18-7-8-29(25,26)13-18)20(23)12-28-21(24)17-6-4-5-16(10-17)11-27-3/h4-6,9-10,18H,7-8,11-13H2,1-3H3/t18-/m0/s1. The van der Waals surface area contributed by atoms with Gasteiger partial charge in [-0.05, 0) is 44.0 Å². The molecule has 0 saturated carbocycles. The largest absolute Gasteiger partial charge is 0.454 e. The molecule has 1 saturated heterocycles. The molecule has 0 bridgehead atoms. The first-order valence-corrected chi connectivity index (χ1v) is 11.2. The van der Waals surface area contributed by atoms with Gasteiger partial charge in [-0.15, -0.1) is 0 Å². The number of aryl methyl sites for hydroxylation is 1. The number of benzene rings is 1. The minimum absolute atomic E-state index is 0.0871. The van der Waals surface area contributed by atoms with Crippen LogP contribution in [0, 0.1) is 13.8 Å². The Bertz CT molecular complexity index is 1040. The predicted octanol–water partition coefficient (Wildman–Crippen LogP) is 2.65. The third kappa shape index (κ3) is 4.76. The van der Waals surface area contributed by atoms with Crippen LogP contribution in [-0.2, 0) is 25.9 Å². The van der Waals surface area contributed by atoms with E-state index in [1.54, 1.807) is 38.3 Å². The molecule has 0 N–H and O–H groups in total. The van der Waals surface area contributed by atoms with E-state index in [9.17, 15) is 18.0 Å². The quantitative estimate of drug-likeness (QED) is 0.506. The Morgan fingerprint density at radius 3 is 2.62 bits per heavy atom. The summed E-state index contributed by atoms with van der Waals surface area (Å²) < 4.78 is 35.8. The molecule has 7 nitrogen and oxygen atoms in total. The van der Waals surface area contributed by atoms with Crippen LogP contribution in [0.5, 0.6) is 0 Å². The molecule has 0 amide bonds. The van der Waals surface area contributed by atoms with Gasteiger partial charge in [0.2, 0.25) is 5.78 Å². The lowest BCUT2D eigenvalue weighted by Gasteiger charge is -2.16. The van der Waals surface area contributed by atoms with Gasteiger partial charge in [-0.3, -0.25) is 4.79 Å². The molecule has 2 heterocycles. The van der Waals surface area contributed by atoms with E-state index in [0.29, 0.717) is 29.8 Å². The van der Waals surface area contributed by atoms with Crippen LogP contribution in [0.3, 0.4) is 0 Å². The number of carbonyl (C=O) groups is 2. The maximum atomic E-state index is 12.6. The molecule has 8 heteroatoms. The topological polar surface area (TPSA) is 91.7 Å². The van der Waals surface area contributed by atoms with Gasteiger partial charge in [0.15, 0.2) is 16.4 Å². The molecule has 1 aliphatic heterocycles. The maximum absolute atomic E-state index is 12.6. The van der Waals surface area contributed by atoms with E-state index in [2.05, 4.69) is 0 Å². The zero-order chi connectivity index (χ0) is 21.2. The van der Waals surface area contributed by atoms with Gasteiger partial charge in [-0.25, -0.2) is 13.2 Å². The van der Waals surface area contributed by atoms with E-state index in [1.807, 2.05) is 17.6 Å². The van der Waals surface area contributed by atoms with Gasteiger partial charge in [-0.2, -0.15) is 0 Å². The highest BCUT2D eigenvalue weighted by Gasteiger charge is 2.31. The number of carbonyl (C=O) groups excluding carboxylic acids is 2. The van der Waals surface area contributed by atoms with Crippen molar-refractivity contribution in [1.29, 1.82) is 0 Å². The number of Topliss-reactive ketones (excluding diaryl/α,β-unsaturated/α-hetero) is 1. The van der Waals surface area contributed by atoms with E-state index in [1.165, 1.54) is 0 Å². The lowest BCUT2D eigenvalue weighted by atomic mass is 10.1. The van der Waals surface area contributed by atoms with Crippen LogP contribution in [0.2, 0.25) is 0 Å². The molecule has 1 aromatic carbocycles. The highest BCUT2D eigenvalue weighted by Crippen LogP contribution is 2.29. The molecular weight excluding hydrogens is 394 g/mol. The van der Waals surface area contributed by atoms with Crippen LogP contribution >= 0.6 is 0 Å². The second-order valence-corrected chi connectivity index (χ2v) is 9.57. The first kappa shape index (κ1) is 21.3. The molecule has 1 aromatic heterocycles. The highest BCUT2D eigenvalue weighted by molar-refractivity contribution is 7.91. The van der Waals surface area contributed by atoms with Gasteiger partial charge in [0.05, 0.1) is 23.7 Å². The third-order valence-corrected chi connectivity index (χ3v) is 6.92. The average Bonchev–Trinajstić information content (AvgIpc) is 3.18. The van der Waals surface area contributed by atoms with Crippen LogP contribution in [0.15, 0.2) is 30.3 Å². The first-order chi connectivity index (χ1) is 13.7. The fraction of sp³-hybridized carbons (Fsp3) is 0.429. The maximum Gasteiger partial charge on any atom is 0.338 e. The Morgan fingerprint density at radius 1 is 1.21 bits per heavy atom. The summed E-state index contributed by atoms with van der Waals surface area (Å²) in [5.41, 5.74) is 3.17. The number of sulfone groups is 1. The van der Waals surface area contributed by atoms with Crippen LogP contribution < -0.4 is 0 Å². The molecule has 0 radical (unpaired) electrons. The summed E-state index contributed by atoms with van der Waals surface area (Å²) in [7, 11) is -1.46. The number of esters is 1. The zero-order valence-corrected chi connectivity index (χ0v) is 17.6. The van der Waals surface area contributed by atoms with Crippen molar-refractivity contribution < 1.29 is 27.5 Å². The zero-order valence-electron chi connectivity index (χ0n) is 16.8. The van der Waals surface area contributed by atoms with Gasteiger partial charge >= 0.3 is 5.97 Å². The normalized spacial score (nSPS) is 18.0. The SMILES string of the molecule is COCc1cccc(C(=O)OCC(=O)c2cc(C)n([C@H]3CCS(=O)(=O)C3)c2C)c1. The van der Waals surface area contributed by atoms with Gasteiger partial charge in [0, 0.05) is 30.1 Å². The van der Waals surface area contributed by atoms with Crippen molar-refractivity contribution in [3.8, 4) is 0 Å². The van der Waals surface area contributed by atoms with E-state index >= 15 is 0 Å². The number of ketones is 1. The summed E-state index contributed by atoms with van der Waals surface area (Å²) in [6.45, 7) is 3.65. The second-order valence-electron chi connectivity index (χ2n) is 7.34. The van der Waals surface area contributed by atoms with Crippen molar-refractivity contribution in [1.82, 2.24) is 4.57 Å². The fourth-order valence-electron chi connectivity index (χ4n) is 3.85. The van der Waals surface area contributed by atoms with Gasteiger partial charge in [0.25, 0.3) is 0 Å². The van der Waals surface area contributed by atoms with E-state index in [-0.39, 0.29) is 29.9 Å². The number of hydrogen-bond donors (Lipinski definition) is 0. The fourth-order valence-corrected chi connectivity index (χ4v) is 5.55. The summed E-state index contributed by atoms with van der Waals surface area (Å²) in [5, 5.41) is 0. The number of hydrogen-bond acceptors (Lipinski definition) is 6. The lowest BCUT2D eigenvalue weighted by molar-refractivity contribution is 0.0474. The van der Waals surface area contributed by atoms with Crippen molar-refractivity contribution >= 4 is 21.6 Å². The number of ether oxygens (including phenoxy) is 2. The number of rotatable bonds is 7. The molecule has 3 rings (SSSR count). The van der Waals surface area contributed by atoms with E-state index in [4.69, 9.17) is 9.47 Å². The molecule has 1 aliphatic rings. The van der Waals surface area contributed by atoms with Gasteiger partial charge in [0.1, 0.15) is 0 Å². The summed E-state index contributed by atoms with van der Waals surface area (Å²) >= 11 is 0. The van der Waals surface area contributed by atoms with E-state index in [0.717, 1.165) is 11.3 Å². The van der Waals surface area contributed by atoms with Crippen LogP contribution in [0.25, 0.3) is 0 Å². The molecule has 0 aliphatic carbocycles. The minimum atomic E-state index is -3.03. The molecule has 1 fully saturated rings. The van der Waals surface area contributed by atoms with Crippen molar-refractivity contribution in [2.75, 3.05) is 25.2 Å². The van der Waals surface area contributed by atoms with Crippen LogP contribution in [0.4, 0.5) is 0 Å². The van der Waals surface area contributed by atoms with Gasteiger partial charge < -0.3 is 14.0 Å². The first-order valence-electron chi connectivity index (χ1n) is 9.39. The van der Waals surface area contributed by atoms with Crippen molar-refractivity contribution in [2.24, 2.45) is 0 Å². The molecule has 0 spiro atoms. The lowest BCUT2D eigenvalue weighted by Crippen LogP contribution is -2.17. The highest BCUT2D eigenvalue weighted by atomic mass is 32.2. The third-order valence-electron chi connectivity index (χ3n) is 5.17. The summed E-state index contributed by atoms with van der Waals surface area (Å²) in [4.78, 5) is 24.9. The smallest absolute Gasteiger partial charge is 0.338 e. The van der Waals surface area contributed by atoms with E-state index < -0.39 is 15.8 Å². The molecule has 156 valence electrons. The molecule has 29 heavy (non-hydrogen) atoms. The molecular formula is C21H25NO6S. The Kier molecular flexibility index (Phi) is 6.24. The van der Waals surface area contributed by atoms with Crippen molar-refractivity contribution in [2.45, 2.75) is 32.9 Å². The number of nitrogens with zero attached hydrogens (tertiary/aromatic N) is 1. The summed E-state index contributed by atoms with van der Waals surface area (Å²) in [6.07, 6.45) is 0.541. The number of methoxy groups -OCH3 is 1. The average molecular weight is 419 g/mol. The Hall–Kier alpha value is -2.45.